The number of carboxylic acids is 1. The maximum Gasteiger partial charge on any atom is 0.326 e. The third-order valence-corrected chi connectivity index (χ3v) is 2.45. The monoisotopic (exact) mass is 229 g/mol. The normalized spacial score (nSPS) is 17.2. The van der Waals surface area contributed by atoms with Crippen LogP contribution in [0.4, 0.5) is 0 Å². The first-order valence-electron chi connectivity index (χ1n) is 5.03. The SMILES string of the molecule is NC(=O)CCC(NC(=O)C1CNC1)C(=O)O. The number of nitrogens with two attached hydrogens (primary N) is 1. The van der Waals surface area contributed by atoms with Crippen LogP contribution in [0.3, 0.4) is 0 Å². The molecule has 7 heteroatoms. The van der Waals surface area contributed by atoms with Crippen LogP contribution in [0.5, 0.6) is 0 Å². The first-order chi connectivity index (χ1) is 7.50. The van der Waals surface area contributed by atoms with E-state index < -0.39 is 17.9 Å². The Kier molecular flexibility index (Phi) is 4.24. The van der Waals surface area contributed by atoms with Gasteiger partial charge in [0.2, 0.25) is 11.8 Å². The second-order valence-electron chi connectivity index (χ2n) is 3.76. The molecule has 2 amide bonds. The van der Waals surface area contributed by atoms with Crippen molar-refractivity contribution in [3.8, 4) is 0 Å². The summed E-state index contributed by atoms with van der Waals surface area (Å²) in [5.74, 6) is -2.20. The van der Waals surface area contributed by atoms with Gasteiger partial charge in [0.25, 0.3) is 0 Å². The predicted molar refractivity (Wildman–Crippen MR) is 54.4 cm³/mol. The van der Waals surface area contributed by atoms with E-state index in [0.29, 0.717) is 13.1 Å². The lowest BCUT2D eigenvalue weighted by Crippen LogP contribution is -2.54. The summed E-state index contributed by atoms with van der Waals surface area (Å²) >= 11 is 0. The zero-order valence-corrected chi connectivity index (χ0v) is 8.73. The van der Waals surface area contributed by atoms with Crippen LogP contribution < -0.4 is 16.4 Å². The molecule has 0 aromatic carbocycles. The second kappa shape index (κ2) is 5.45. The van der Waals surface area contributed by atoms with Gasteiger partial charge >= 0.3 is 5.97 Å². The molecule has 0 aliphatic carbocycles. The molecule has 1 rings (SSSR count). The van der Waals surface area contributed by atoms with E-state index in [9.17, 15) is 14.4 Å². The zero-order valence-electron chi connectivity index (χ0n) is 8.73. The molecule has 7 nitrogen and oxygen atoms in total. The quantitative estimate of drug-likeness (QED) is 0.421. The van der Waals surface area contributed by atoms with Crippen LogP contribution in [0.1, 0.15) is 12.8 Å². The lowest BCUT2D eigenvalue weighted by atomic mass is 10.0. The Hall–Kier alpha value is -1.63. The number of amides is 2. The summed E-state index contributed by atoms with van der Waals surface area (Å²) in [6.45, 7) is 1.13. The van der Waals surface area contributed by atoms with Gasteiger partial charge in [-0.15, -0.1) is 0 Å². The Morgan fingerprint density at radius 2 is 2.06 bits per heavy atom. The molecule has 0 spiro atoms. The average Bonchev–Trinajstić information content (AvgIpc) is 2.08. The highest BCUT2D eigenvalue weighted by Gasteiger charge is 2.28. The molecule has 1 unspecified atom stereocenters. The lowest BCUT2D eigenvalue weighted by molar-refractivity contribution is -0.143. The number of hydrogen-bond acceptors (Lipinski definition) is 4. The molecular weight excluding hydrogens is 214 g/mol. The number of carboxylic acid groups (broad SMARTS) is 1. The highest BCUT2D eigenvalue weighted by molar-refractivity contribution is 5.86. The smallest absolute Gasteiger partial charge is 0.326 e. The van der Waals surface area contributed by atoms with Gasteiger partial charge in [0, 0.05) is 19.5 Å². The minimum Gasteiger partial charge on any atom is -0.480 e. The summed E-state index contributed by atoms with van der Waals surface area (Å²) in [6.07, 6.45) is -0.0310. The van der Waals surface area contributed by atoms with Crippen molar-refractivity contribution in [3.05, 3.63) is 0 Å². The van der Waals surface area contributed by atoms with Gasteiger partial charge in [0.05, 0.1) is 5.92 Å². The summed E-state index contributed by atoms with van der Waals surface area (Å²) in [6, 6.07) is -1.04. The van der Waals surface area contributed by atoms with Gasteiger partial charge in [-0.1, -0.05) is 0 Å². The highest BCUT2D eigenvalue weighted by atomic mass is 16.4. The number of carbonyl (C=O) groups is 3. The summed E-state index contributed by atoms with van der Waals surface area (Å²) in [4.78, 5) is 32.8. The first-order valence-corrected chi connectivity index (χ1v) is 5.03. The average molecular weight is 229 g/mol. The molecular formula is C9H15N3O4. The molecule has 90 valence electrons. The minimum atomic E-state index is -1.15. The van der Waals surface area contributed by atoms with Crippen LogP contribution in [-0.4, -0.2) is 42.0 Å². The zero-order chi connectivity index (χ0) is 12.1. The van der Waals surface area contributed by atoms with Crippen molar-refractivity contribution in [2.75, 3.05) is 13.1 Å². The Bertz CT molecular complexity index is 301. The Morgan fingerprint density at radius 1 is 1.44 bits per heavy atom. The predicted octanol–water partition coefficient (Wildman–Crippen LogP) is -1.96. The minimum absolute atomic E-state index is 0.0244. The van der Waals surface area contributed by atoms with E-state index in [1.165, 1.54) is 0 Å². The molecule has 0 aromatic rings. The van der Waals surface area contributed by atoms with E-state index in [2.05, 4.69) is 10.6 Å². The molecule has 16 heavy (non-hydrogen) atoms. The molecule has 1 saturated heterocycles. The molecule has 1 fully saturated rings. The van der Waals surface area contributed by atoms with Crippen molar-refractivity contribution in [2.24, 2.45) is 11.7 Å². The van der Waals surface area contributed by atoms with Crippen LogP contribution in [0, 0.1) is 5.92 Å². The van der Waals surface area contributed by atoms with Crippen LogP contribution >= 0.6 is 0 Å². The van der Waals surface area contributed by atoms with Crippen LogP contribution in [0.25, 0.3) is 0 Å². The molecule has 1 atom stereocenters. The van der Waals surface area contributed by atoms with Crippen molar-refractivity contribution < 1.29 is 19.5 Å². The topological polar surface area (TPSA) is 122 Å². The summed E-state index contributed by atoms with van der Waals surface area (Å²) in [5.41, 5.74) is 4.91. The summed E-state index contributed by atoms with van der Waals surface area (Å²) in [5, 5.41) is 14.1. The highest BCUT2D eigenvalue weighted by Crippen LogP contribution is 2.05. The Labute approximate surface area is 92.4 Å². The van der Waals surface area contributed by atoms with Crippen LogP contribution in [-0.2, 0) is 14.4 Å². The first kappa shape index (κ1) is 12.4. The van der Waals surface area contributed by atoms with Crippen LogP contribution in [0.15, 0.2) is 0 Å². The Balaban J connectivity index is 2.40. The van der Waals surface area contributed by atoms with Gasteiger partial charge in [-0.05, 0) is 6.42 Å². The molecule has 5 N–H and O–H groups in total. The Morgan fingerprint density at radius 3 is 2.44 bits per heavy atom. The maximum absolute atomic E-state index is 11.5. The van der Waals surface area contributed by atoms with Gasteiger partial charge < -0.3 is 21.5 Å². The number of nitrogens with one attached hydrogen (secondary N) is 2. The molecule has 0 radical (unpaired) electrons. The summed E-state index contributed by atoms with van der Waals surface area (Å²) < 4.78 is 0. The standard InChI is InChI=1S/C9H15N3O4/c10-7(13)2-1-6(9(15)16)12-8(14)5-3-11-4-5/h5-6,11H,1-4H2,(H2,10,13)(H,12,14)(H,15,16). The van der Waals surface area contributed by atoms with E-state index in [-0.39, 0.29) is 24.7 Å². The van der Waals surface area contributed by atoms with E-state index >= 15 is 0 Å². The molecule has 1 aliphatic heterocycles. The number of carbonyl (C=O) groups excluding carboxylic acids is 2. The number of primary amides is 1. The van der Waals surface area contributed by atoms with Gasteiger partial charge in [-0.25, -0.2) is 4.79 Å². The fourth-order valence-corrected chi connectivity index (χ4v) is 1.31. The number of aliphatic carboxylic acids is 1. The van der Waals surface area contributed by atoms with Crippen molar-refractivity contribution >= 4 is 17.8 Å². The molecule has 0 aromatic heterocycles. The maximum atomic E-state index is 11.5. The fraction of sp³-hybridized carbons (Fsp3) is 0.667. The van der Waals surface area contributed by atoms with E-state index in [1.54, 1.807) is 0 Å². The third kappa shape index (κ3) is 3.50. The van der Waals surface area contributed by atoms with Crippen LogP contribution in [0.2, 0.25) is 0 Å². The molecule has 1 aliphatic rings. The van der Waals surface area contributed by atoms with Gasteiger partial charge in [0.15, 0.2) is 0 Å². The molecule has 0 bridgehead atoms. The van der Waals surface area contributed by atoms with Gasteiger partial charge in [-0.3, -0.25) is 9.59 Å². The number of rotatable bonds is 6. The van der Waals surface area contributed by atoms with Gasteiger partial charge in [-0.2, -0.15) is 0 Å². The largest absolute Gasteiger partial charge is 0.480 e. The summed E-state index contributed by atoms with van der Waals surface area (Å²) in [7, 11) is 0. The second-order valence-corrected chi connectivity index (χ2v) is 3.76. The van der Waals surface area contributed by atoms with E-state index in [0.717, 1.165) is 0 Å². The van der Waals surface area contributed by atoms with Crippen molar-refractivity contribution in [1.82, 2.24) is 10.6 Å². The van der Waals surface area contributed by atoms with E-state index in [1.807, 2.05) is 0 Å². The van der Waals surface area contributed by atoms with Crippen molar-refractivity contribution in [3.63, 3.8) is 0 Å². The van der Waals surface area contributed by atoms with Gasteiger partial charge in [0.1, 0.15) is 6.04 Å². The lowest BCUT2D eigenvalue weighted by Gasteiger charge is -2.27. The number of hydrogen-bond donors (Lipinski definition) is 4. The molecule has 0 saturated carbocycles. The van der Waals surface area contributed by atoms with Crippen molar-refractivity contribution in [1.29, 1.82) is 0 Å². The molecule has 1 heterocycles. The fourth-order valence-electron chi connectivity index (χ4n) is 1.31. The van der Waals surface area contributed by atoms with Crippen molar-refractivity contribution in [2.45, 2.75) is 18.9 Å². The van der Waals surface area contributed by atoms with E-state index in [4.69, 9.17) is 10.8 Å². The third-order valence-electron chi connectivity index (χ3n) is 2.45.